The maximum Gasteiger partial charge on any atom is 0.247 e. The van der Waals surface area contributed by atoms with Crippen LogP contribution in [0.4, 0.5) is 5.82 Å². The van der Waals surface area contributed by atoms with E-state index < -0.39 is 0 Å². The Morgan fingerprint density at radius 3 is 3.04 bits per heavy atom. The van der Waals surface area contributed by atoms with Crippen molar-refractivity contribution in [3.05, 3.63) is 42.5 Å². The summed E-state index contributed by atoms with van der Waals surface area (Å²) in [6.45, 7) is 0.481. The summed E-state index contributed by atoms with van der Waals surface area (Å²) in [5.74, 6) is 1.72. The molecule has 0 bridgehead atoms. The summed E-state index contributed by atoms with van der Waals surface area (Å²) in [5.41, 5.74) is 0.900. The van der Waals surface area contributed by atoms with E-state index in [-0.39, 0.29) is 25.9 Å². The van der Waals surface area contributed by atoms with Gasteiger partial charge in [0.25, 0.3) is 0 Å². The number of anilines is 1. The van der Waals surface area contributed by atoms with Crippen LogP contribution >= 0.6 is 0 Å². The van der Waals surface area contributed by atoms with Crippen molar-refractivity contribution in [3.8, 4) is 17.4 Å². The number of carbonyl (C=O) groups is 1. The van der Waals surface area contributed by atoms with Crippen LogP contribution < -0.4 is 19.5 Å². The van der Waals surface area contributed by atoms with Crippen molar-refractivity contribution < 1.29 is 19.0 Å². The smallest absolute Gasteiger partial charge is 0.247 e. The predicted molar refractivity (Wildman–Crippen MR) is 85.4 cm³/mol. The van der Waals surface area contributed by atoms with E-state index >= 15 is 0 Å². The molecule has 2 aromatic heterocycles. The van der Waals surface area contributed by atoms with E-state index in [9.17, 15) is 4.79 Å². The SMILES string of the molecule is O=C(Cn1cnnn1)Nc1cc(OCc2ccc3c(c2)OCO3)ncn1. The van der Waals surface area contributed by atoms with Crippen LogP contribution in [0.25, 0.3) is 0 Å². The lowest BCUT2D eigenvalue weighted by Crippen LogP contribution is -2.19. The number of nitrogens with one attached hydrogen (secondary N) is 1. The number of ether oxygens (including phenoxy) is 3. The summed E-state index contributed by atoms with van der Waals surface area (Å²) in [5, 5.41) is 13.2. The first-order valence-corrected chi connectivity index (χ1v) is 7.60. The molecule has 3 aromatic rings. The molecule has 0 radical (unpaired) electrons. The summed E-state index contributed by atoms with van der Waals surface area (Å²) in [4.78, 5) is 19.9. The van der Waals surface area contributed by atoms with Crippen molar-refractivity contribution in [1.82, 2.24) is 30.2 Å². The van der Waals surface area contributed by atoms with Gasteiger partial charge in [-0.2, -0.15) is 0 Å². The first-order valence-electron chi connectivity index (χ1n) is 7.60. The van der Waals surface area contributed by atoms with E-state index in [2.05, 4.69) is 30.8 Å². The molecule has 0 saturated carbocycles. The Kier molecular flexibility index (Phi) is 4.24. The molecule has 0 fully saturated rings. The average molecular weight is 355 g/mol. The highest BCUT2D eigenvalue weighted by Gasteiger charge is 2.13. The van der Waals surface area contributed by atoms with Gasteiger partial charge in [0.05, 0.1) is 0 Å². The minimum Gasteiger partial charge on any atom is -0.473 e. The molecule has 0 atom stereocenters. The first kappa shape index (κ1) is 15.7. The normalized spacial score (nSPS) is 12.0. The molecule has 0 unspecified atom stereocenters. The number of benzene rings is 1. The van der Waals surface area contributed by atoms with E-state index in [4.69, 9.17) is 14.2 Å². The van der Waals surface area contributed by atoms with Crippen molar-refractivity contribution in [2.24, 2.45) is 0 Å². The van der Waals surface area contributed by atoms with Gasteiger partial charge in [0.1, 0.15) is 31.6 Å². The number of hydrogen-bond acceptors (Lipinski definition) is 9. The Labute approximate surface area is 146 Å². The Balaban J connectivity index is 1.36. The Morgan fingerprint density at radius 2 is 2.15 bits per heavy atom. The molecular weight excluding hydrogens is 342 g/mol. The summed E-state index contributed by atoms with van der Waals surface area (Å²) < 4.78 is 17.5. The van der Waals surface area contributed by atoms with Crippen LogP contribution in [-0.2, 0) is 17.9 Å². The molecule has 1 aliphatic rings. The van der Waals surface area contributed by atoms with E-state index in [1.807, 2.05) is 18.2 Å². The zero-order valence-corrected chi connectivity index (χ0v) is 13.4. The molecule has 11 heteroatoms. The van der Waals surface area contributed by atoms with Crippen molar-refractivity contribution in [2.45, 2.75) is 13.2 Å². The zero-order chi connectivity index (χ0) is 17.8. The van der Waals surface area contributed by atoms with Gasteiger partial charge >= 0.3 is 0 Å². The van der Waals surface area contributed by atoms with Crippen LogP contribution in [0.3, 0.4) is 0 Å². The quantitative estimate of drug-likeness (QED) is 0.669. The van der Waals surface area contributed by atoms with Gasteiger partial charge in [-0.3, -0.25) is 4.79 Å². The number of nitrogens with zero attached hydrogens (tertiary/aromatic N) is 6. The van der Waals surface area contributed by atoms with Gasteiger partial charge < -0.3 is 19.5 Å². The van der Waals surface area contributed by atoms with E-state index in [0.717, 1.165) is 5.56 Å². The third kappa shape index (κ3) is 3.66. The second-order valence-electron chi connectivity index (χ2n) is 5.27. The number of tetrazole rings is 1. The monoisotopic (exact) mass is 355 g/mol. The molecule has 4 rings (SSSR count). The summed E-state index contributed by atoms with van der Waals surface area (Å²) in [6, 6.07) is 7.08. The number of carbonyl (C=O) groups excluding carboxylic acids is 1. The minimum atomic E-state index is -0.322. The van der Waals surface area contributed by atoms with Crippen molar-refractivity contribution >= 4 is 11.7 Å². The van der Waals surface area contributed by atoms with E-state index in [0.29, 0.717) is 23.2 Å². The Morgan fingerprint density at radius 1 is 1.23 bits per heavy atom. The fraction of sp³-hybridized carbons (Fsp3) is 0.200. The van der Waals surface area contributed by atoms with Crippen LogP contribution in [0.5, 0.6) is 17.4 Å². The first-order chi connectivity index (χ1) is 12.8. The maximum atomic E-state index is 11.9. The Bertz CT molecular complexity index is 916. The molecule has 1 amide bonds. The largest absolute Gasteiger partial charge is 0.473 e. The predicted octanol–water partition coefficient (Wildman–Crippen LogP) is 0.409. The minimum absolute atomic E-state index is 0.0234. The highest BCUT2D eigenvalue weighted by atomic mass is 16.7. The third-order valence-corrected chi connectivity index (χ3v) is 3.43. The molecule has 0 aliphatic carbocycles. The van der Waals surface area contributed by atoms with Crippen molar-refractivity contribution in [2.75, 3.05) is 12.1 Å². The molecule has 1 N–H and O–H groups in total. The highest BCUT2D eigenvalue weighted by Crippen LogP contribution is 2.32. The van der Waals surface area contributed by atoms with Gasteiger partial charge in [-0.1, -0.05) is 6.07 Å². The fourth-order valence-corrected chi connectivity index (χ4v) is 2.26. The van der Waals surface area contributed by atoms with Gasteiger partial charge in [0, 0.05) is 6.07 Å². The lowest BCUT2D eigenvalue weighted by molar-refractivity contribution is -0.117. The van der Waals surface area contributed by atoms with Crippen molar-refractivity contribution in [3.63, 3.8) is 0 Å². The molecular formula is C15H13N7O4. The lowest BCUT2D eigenvalue weighted by atomic mass is 10.2. The number of hydrogen-bond donors (Lipinski definition) is 1. The summed E-state index contributed by atoms with van der Waals surface area (Å²) >= 11 is 0. The number of aromatic nitrogens is 6. The molecule has 1 aliphatic heterocycles. The molecule has 0 saturated heterocycles. The average Bonchev–Trinajstić information content (AvgIpc) is 3.31. The highest BCUT2D eigenvalue weighted by molar-refractivity contribution is 5.89. The molecule has 3 heterocycles. The summed E-state index contributed by atoms with van der Waals surface area (Å²) in [6.07, 6.45) is 2.65. The van der Waals surface area contributed by atoms with Crippen LogP contribution in [-0.4, -0.2) is 42.9 Å². The topological polar surface area (TPSA) is 126 Å². The van der Waals surface area contributed by atoms with Gasteiger partial charge in [-0.15, -0.1) is 5.10 Å². The lowest BCUT2D eigenvalue weighted by Gasteiger charge is -2.08. The van der Waals surface area contributed by atoms with Crippen LogP contribution in [0.2, 0.25) is 0 Å². The van der Waals surface area contributed by atoms with E-state index in [1.165, 1.54) is 23.4 Å². The van der Waals surface area contributed by atoms with Gasteiger partial charge in [-0.25, -0.2) is 14.6 Å². The molecule has 132 valence electrons. The maximum absolute atomic E-state index is 11.9. The van der Waals surface area contributed by atoms with E-state index in [1.54, 1.807) is 0 Å². The number of fused-ring (bicyclic) bond motifs is 1. The standard InChI is InChI=1S/C15H13N7O4/c23-14(5-22-8-18-20-21-22)19-13-4-15(17-7-16-13)24-6-10-1-2-11-12(3-10)26-9-25-11/h1-4,7-8H,5-6,9H2,(H,16,17,19,23). The molecule has 0 spiro atoms. The van der Waals surface area contributed by atoms with Gasteiger partial charge in [0.2, 0.25) is 18.6 Å². The molecule has 1 aromatic carbocycles. The second kappa shape index (κ2) is 7.01. The van der Waals surface area contributed by atoms with Gasteiger partial charge in [0.15, 0.2) is 11.5 Å². The molecule has 11 nitrogen and oxygen atoms in total. The van der Waals surface area contributed by atoms with Gasteiger partial charge in [-0.05, 0) is 28.1 Å². The molecule has 26 heavy (non-hydrogen) atoms. The van der Waals surface area contributed by atoms with Crippen molar-refractivity contribution in [1.29, 1.82) is 0 Å². The Hall–Kier alpha value is -3.76. The van der Waals surface area contributed by atoms with Crippen LogP contribution in [0.1, 0.15) is 5.56 Å². The number of rotatable bonds is 6. The zero-order valence-electron chi connectivity index (χ0n) is 13.4. The second-order valence-corrected chi connectivity index (χ2v) is 5.27. The third-order valence-electron chi connectivity index (χ3n) is 3.43. The van der Waals surface area contributed by atoms with Crippen LogP contribution in [0, 0.1) is 0 Å². The fourth-order valence-electron chi connectivity index (χ4n) is 2.26. The summed E-state index contributed by atoms with van der Waals surface area (Å²) in [7, 11) is 0. The number of amides is 1. The van der Waals surface area contributed by atoms with Crippen LogP contribution in [0.15, 0.2) is 36.9 Å².